The molecule has 0 radical (unpaired) electrons. The minimum atomic E-state index is -0.215. The largest absolute Gasteiger partial charge is 0.497 e. The molecule has 0 saturated heterocycles. The van der Waals surface area contributed by atoms with E-state index < -0.39 is 0 Å². The highest BCUT2D eigenvalue weighted by atomic mass is 79.9. The Morgan fingerprint density at radius 3 is 2.81 bits per heavy atom. The van der Waals surface area contributed by atoms with Crippen molar-refractivity contribution in [1.82, 2.24) is 4.90 Å². The van der Waals surface area contributed by atoms with Crippen molar-refractivity contribution in [3.8, 4) is 5.75 Å². The Morgan fingerprint density at radius 2 is 2.05 bits per heavy atom. The Labute approximate surface area is 132 Å². The summed E-state index contributed by atoms with van der Waals surface area (Å²) < 4.78 is 19.1. The van der Waals surface area contributed by atoms with Crippen molar-refractivity contribution in [3.05, 3.63) is 63.4 Å². The number of benzene rings is 2. The summed E-state index contributed by atoms with van der Waals surface area (Å²) >= 11 is 3.25. The van der Waals surface area contributed by atoms with Crippen LogP contribution in [0.5, 0.6) is 5.75 Å². The zero-order chi connectivity index (χ0) is 14.8. The molecule has 1 aliphatic rings. The van der Waals surface area contributed by atoms with Crippen LogP contribution in [0.15, 0.2) is 40.9 Å². The third kappa shape index (κ3) is 3.27. The van der Waals surface area contributed by atoms with Crippen molar-refractivity contribution in [2.75, 3.05) is 13.7 Å². The number of hydrogen-bond donors (Lipinski definition) is 0. The van der Waals surface area contributed by atoms with Gasteiger partial charge in [0.25, 0.3) is 0 Å². The van der Waals surface area contributed by atoms with Gasteiger partial charge in [-0.15, -0.1) is 0 Å². The van der Waals surface area contributed by atoms with Gasteiger partial charge in [-0.3, -0.25) is 4.90 Å². The SMILES string of the molecule is COc1ccc2c(c1)CN(Cc1ccc(F)c(Br)c1)CC2. The number of halogens is 2. The van der Waals surface area contributed by atoms with Crippen LogP contribution in [0.1, 0.15) is 16.7 Å². The summed E-state index contributed by atoms with van der Waals surface area (Å²) in [6.07, 6.45) is 1.04. The number of rotatable bonds is 3. The van der Waals surface area contributed by atoms with Gasteiger partial charge >= 0.3 is 0 Å². The van der Waals surface area contributed by atoms with Crippen LogP contribution in [-0.4, -0.2) is 18.6 Å². The molecule has 21 heavy (non-hydrogen) atoms. The van der Waals surface area contributed by atoms with E-state index in [4.69, 9.17) is 4.74 Å². The molecule has 2 aromatic carbocycles. The molecule has 3 rings (SSSR count). The minimum Gasteiger partial charge on any atom is -0.497 e. The van der Waals surface area contributed by atoms with Crippen LogP contribution < -0.4 is 4.74 Å². The average molecular weight is 350 g/mol. The molecule has 0 aliphatic carbocycles. The van der Waals surface area contributed by atoms with Gasteiger partial charge in [-0.05, 0) is 63.3 Å². The van der Waals surface area contributed by atoms with E-state index in [1.165, 1.54) is 17.2 Å². The van der Waals surface area contributed by atoms with Crippen LogP contribution in [0.4, 0.5) is 4.39 Å². The molecule has 0 bridgehead atoms. The predicted octanol–water partition coefficient (Wildman–Crippen LogP) is 4.16. The topological polar surface area (TPSA) is 12.5 Å². The number of ether oxygens (including phenoxy) is 1. The van der Waals surface area contributed by atoms with E-state index in [-0.39, 0.29) is 5.82 Å². The Kier molecular flexibility index (Phi) is 4.27. The van der Waals surface area contributed by atoms with Gasteiger partial charge in [-0.1, -0.05) is 12.1 Å². The van der Waals surface area contributed by atoms with Crippen molar-refractivity contribution in [2.24, 2.45) is 0 Å². The van der Waals surface area contributed by atoms with Crippen LogP contribution in [0.25, 0.3) is 0 Å². The van der Waals surface area contributed by atoms with Gasteiger partial charge in [0.15, 0.2) is 0 Å². The third-order valence-electron chi connectivity index (χ3n) is 3.89. The Hall–Kier alpha value is -1.39. The highest BCUT2D eigenvalue weighted by molar-refractivity contribution is 9.10. The third-order valence-corrected chi connectivity index (χ3v) is 4.50. The highest BCUT2D eigenvalue weighted by Crippen LogP contribution is 2.25. The quantitative estimate of drug-likeness (QED) is 0.824. The molecule has 0 unspecified atom stereocenters. The van der Waals surface area contributed by atoms with Crippen LogP contribution in [0, 0.1) is 5.82 Å². The standard InChI is InChI=1S/C17H17BrFNO/c1-21-15-4-3-13-6-7-20(11-14(13)9-15)10-12-2-5-17(19)16(18)8-12/h2-5,8-9H,6-7,10-11H2,1H3. The summed E-state index contributed by atoms with van der Waals surface area (Å²) in [5, 5.41) is 0. The van der Waals surface area contributed by atoms with E-state index in [1.807, 2.05) is 18.2 Å². The fraction of sp³-hybridized carbons (Fsp3) is 0.294. The van der Waals surface area contributed by atoms with E-state index in [0.717, 1.165) is 37.4 Å². The van der Waals surface area contributed by atoms with E-state index in [1.54, 1.807) is 7.11 Å². The molecule has 2 nitrogen and oxygen atoms in total. The van der Waals surface area contributed by atoms with Gasteiger partial charge in [0.1, 0.15) is 11.6 Å². The molecule has 0 spiro atoms. The van der Waals surface area contributed by atoms with Crippen LogP contribution >= 0.6 is 15.9 Å². The van der Waals surface area contributed by atoms with Crippen LogP contribution in [0.3, 0.4) is 0 Å². The second-order valence-electron chi connectivity index (χ2n) is 5.34. The molecule has 0 fully saturated rings. The molecule has 1 heterocycles. The Balaban J connectivity index is 1.74. The molecule has 2 aromatic rings. The van der Waals surface area contributed by atoms with Crippen molar-refractivity contribution in [2.45, 2.75) is 19.5 Å². The van der Waals surface area contributed by atoms with E-state index in [9.17, 15) is 4.39 Å². The zero-order valence-corrected chi connectivity index (χ0v) is 13.5. The second kappa shape index (κ2) is 6.16. The van der Waals surface area contributed by atoms with Gasteiger partial charge in [0.2, 0.25) is 0 Å². The summed E-state index contributed by atoms with van der Waals surface area (Å²) in [4.78, 5) is 2.38. The molecule has 0 aromatic heterocycles. The molecular formula is C17H17BrFNO. The molecule has 4 heteroatoms. The first kappa shape index (κ1) is 14.5. The van der Waals surface area contributed by atoms with Gasteiger partial charge in [0, 0.05) is 19.6 Å². The zero-order valence-electron chi connectivity index (χ0n) is 11.9. The Bertz CT molecular complexity index is 659. The van der Waals surface area contributed by atoms with Gasteiger partial charge < -0.3 is 4.74 Å². The smallest absolute Gasteiger partial charge is 0.137 e. The van der Waals surface area contributed by atoms with Crippen molar-refractivity contribution in [3.63, 3.8) is 0 Å². The summed E-state index contributed by atoms with van der Waals surface area (Å²) in [5.41, 5.74) is 3.84. The molecule has 0 amide bonds. The molecule has 110 valence electrons. The maximum absolute atomic E-state index is 13.3. The lowest BCUT2D eigenvalue weighted by Crippen LogP contribution is -2.30. The lowest BCUT2D eigenvalue weighted by atomic mass is 9.99. The maximum atomic E-state index is 13.3. The van der Waals surface area contributed by atoms with Gasteiger partial charge in [0.05, 0.1) is 11.6 Å². The van der Waals surface area contributed by atoms with Gasteiger partial charge in [-0.2, -0.15) is 0 Å². The lowest BCUT2D eigenvalue weighted by molar-refractivity contribution is 0.245. The van der Waals surface area contributed by atoms with E-state index in [0.29, 0.717) is 4.47 Å². The monoisotopic (exact) mass is 349 g/mol. The summed E-state index contributed by atoms with van der Waals surface area (Å²) in [7, 11) is 1.69. The first-order valence-electron chi connectivity index (χ1n) is 6.98. The second-order valence-corrected chi connectivity index (χ2v) is 6.20. The van der Waals surface area contributed by atoms with Gasteiger partial charge in [-0.25, -0.2) is 4.39 Å². The van der Waals surface area contributed by atoms with E-state index >= 15 is 0 Å². The fourth-order valence-electron chi connectivity index (χ4n) is 2.75. The highest BCUT2D eigenvalue weighted by Gasteiger charge is 2.17. The number of nitrogens with zero attached hydrogens (tertiary/aromatic N) is 1. The number of methoxy groups -OCH3 is 1. The Morgan fingerprint density at radius 1 is 1.19 bits per heavy atom. The number of fused-ring (bicyclic) bond motifs is 1. The predicted molar refractivity (Wildman–Crippen MR) is 84.9 cm³/mol. The van der Waals surface area contributed by atoms with Crippen LogP contribution in [-0.2, 0) is 19.5 Å². The maximum Gasteiger partial charge on any atom is 0.137 e. The molecular weight excluding hydrogens is 333 g/mol. The molecule has 0 N–H and O–H groups in total. The van der Waals surface area contributed by atoms with Crippen molar-refractivity contribution in [1.29, 1.82) is 0 Å². The van der Waals surface area contributed by atoms with Crippen molar-refractivity contribution >= 4 is 15.9 Å². The lowest BCUT2D eigenvalue weighted by Gasteiger charge is -2.29. The fourth-order valence-corrected chi connectivity index (χ4v) is 3.18. The first-order chi connectivity index (χ1) is 10.2. The molecule has 0 saturated carbocycles. The number of hydrogen-bond acceptors (Lipinski definition) is 2. The summed E-state index contributed by atoms with van der Waals surface area (Å²) in [6.45, 7) is 2.76. The van der Waals surface area contributed by atoms with Crippen LogP contribution in [0.2, 0.25) is 0 Å². The molecule has 1 aliphatic heterocycles. The first-order valence-corrected chi connectivity index (χ1v) is 7.77. The average Bonchev–Trinajstić information content (AvgIpc) is 2.50. The summed E-state index contributed by atoms with van der Waals surface area (Å²) in [5.74, 6) is 0.688. The normalized spacial score (nSPS) is 14.8. The summed E-state index contributed by atoms with van der Waals surface area (Å²) in [6, 6.07) is 11.5. The van der Waals surface area contributed by atoms with E-state index in [2.05, 4.69) is 33.0 Å². The molecule has 0 atom stereocenters. The van der Waals surface area contributed by atoms with Crippen molar-refractivity contribution < 1.29 is 9.13 Å². The minimum absolute atomic E-state index is 0.215.